The van der Waals surface area contributed by atoms with Crippen molar-refractivity contribution in [1.29, 1.82) is 0 Å². The average molecular weight is 258 g/mol. The molecule has 0 N–H and O–H groups in total. The second kappa shape index (κ2) is 4.34. The number of hydrogen-bond donors (Lipinski definition) is 0. The largest absolute Gasteiger partial charge is 0.269 e. The van der Waals surface area contributed by atoms with Crippen molar-refractivity contribution in [3.63, 3.8) is 0 Å². The van der Waals surface area contributed by atoms with Gasteiger partial charge in [0.05, 0.1) is 0 Å². The predicted octanol–water partition coefficient (Wildman–Crippen LogP) is 1.40. The third-order valence-electron chi connectivity index (χ3n) is 2.76. The molecule has 0 radical (unpaired) electrons. The van der Waals surface area contributed by atoms with Crippen molar-refractivity contribution >= 4 is 16.3 Å². The number of nitrogens with zero attached hydrogens (tertiary/aromatic N) is 3. The Morgan fingerprint density at radius 3 is 2.94 bits per heavy atom. The smallest absolute Gasteiger partial charge is 0.258 e. The van der Waals surface area contributed by atoms with Crippen LogP contribution in [0.1, 0.15) is 11.3 Å². The Balaban J connectivity index is 1.99. The second-order valence-electron chi connectivity index (χ2n) is 4.19. The second-order valence-corrected chi connectivity index (χ2v) is 5.06. The van der Waals surface area contributed by atoms with Gasteiger partial charge in [-0.1, -0.05) is 0 Å². The average Bonchev–Trinajstić information content (AvgIpc) is 2.81. The summed E-state index contributed by atoms with van der Waals surface area (Å²) in [5.41, 5.74) is 1.98. The summed E-state index contributed by atoms with van der Waals surface area (Å²) in [6.45, 7) is 2.66. The molecule has 0 aromatic carbocycles. The van der Waals surface area contributed by atoms with Crippen LogP contribution in [0, 0.1) is 6.92 Å². The van der Waals surface area contributed by atoms with Gasteiger partial charge in [-0.2, -0.15) is 4.57 Å². The van der Waals surface area contributed by atoms with Gasteiger partial charge in [0.2, 0.25) is 0 Å². The standard InChI is InChI=1S/C13H12N3OS/c1-10-2-4-15(5-3-10)9-11-8-12(17)16-6-7-18-13(16)14-11/h2-8H,9H2,1H3/q+1. The molecule has 0 spiro atoms. The van der Waals surface area contributed by atoms with E-state index in [0.717, 1.165) is 10.7 Å². The number of thiazole rings is 1. The molecule has 0 amide bonds. The Morgan fingerprint density at radius 2 is 2.17 bits per heavy atom. The lowest BCUT2D eigenvalue weighted by Gasteiger charge is -1.98. The van der Waals surface area contributed by atoms with E-state index in [1.165, 1.54) is 16.9 Å². The molecule has 0 atom stereocenters. The molecule has 3 aromatic heterocycles. The molecule has 90 valence electrons. The van der Waals surface area contributed by atoms with E-state index >= 15 is 0 Å². The van der Waals surface area contributed by atoms with Gasteiger partial charge >= 0.3 is 0 Å². The summed E-state index contributed by atoms with van der Waals surface area (Å²) in [5.74, 6) is 0. The van der Waals surface area contributed by atoms with Crippen molar-refractivity contribution in [1.82, 2.24) is 9.38 Å². The zero-order valence-electron chi connectivity index (χ0n) is 9.91. The van der Waals surface area contributed by atoms with Crippen molar-refractivity contribution < 1.29 is 4.57 Å². The third-order valence-corrected chi connectivity index (χ3v) is 3.52. The number of hydrogen-bond acceptors (Lipinski definition) is 3. The van der Waals surface area contributed by atoms with E-state index in [4.69, 9.17) is 0 Å². The molecule has 5 heteroatoms. The molecule has 0 bridgehead atoms. The van der Waals surface area contributed by atoms with Crippen LogP contribution in [0.5, 0.6) is 0 Å². The Morgan fingerprint density at radius 1 is 1.39 bits per heavy atom. The molecular weight excluding hydrogens is 246 g/mol. The lowest BCUT2D eigenvalue weighted by Crippen LogP contribution is -2.34. The first-order valence-corrected chi connectivity index (χ1v) is 6.52. The fraction of sp³-hybridized carbons (Fsp3) is 0.154. The molecule has 3 aromatic rings. The van der Waals surface area contributed by atoms with Crippen LogP contribution in [-0.2, 0) is 6.54 Å². The maximum absolute atomic E-state index is 11.8. The summed E-state index contributed by atoms with van der Waals surface area (Å²) in [6.07, 6.45) is 5.73. The first-order chi connectivity index (χ1) is 8.72. The Bertz CT molecular complexity index is 743. The van der Waals surface area contributed by atoms with E-state index in [1.807, 2.05) is 41.4 Å². The van der Waals surface area contributed by atoms with Crippen LogP contribution in [0.4, 0.5) is 0 Å². The van der Waals surface area contributed by atoms with E-state index < -0.39 is 0 Å². The van der Waals surface area contributed by atoms with Crippen molar-refractivity contribution in [2.75, 3.05) is 0 Å². The van der Waals surface area contributed by atoms with E-state index in [-0.39, 0.29) is 5.56 Å². The minimum Gasteiger partial charge on any atom is -0.269 e. The van der Waals surface area contributed by atoms with Crippen LogP contribution in [0.3, 0.4) is 0 Å². The Kier molecular flexibility index (Phi) is 2.68. The Hall–Kier alpha value is -2.01. The van der Waals surface area contributed by atoms with Crippen molar-refractivity contribution in [2.24, 2.45) is 0 Å². The minimum absolute atomic E-state index is 0.0241. The number of aromatic nitrogens is 3. The van der Waals surface area contributed by atoms with Gasteiger partial charge in [-0.05, 0) is 12.5 Å². The summed E-state index contributed by atoms with van der Waals surface area (Å²) in [6, 6.07) is 5.67. The van der Waals surface area contributed by atoms with Gasteiger partial charge in [0.25, 0.3) is 5.56 Å². The quantitative estimate of drug-likeness (QED) is 0.652. The molecule has 18 heavy (non-hydrogen) atoms. The lowest BCUT2D eigenvalue weighted by atomic mass is 10.3. The molecular formula is C13H12N3OS+. The highest BCUT2D eigenvalue weighted by atomic mass is 32.1. The normalized spacial score (nSPS) is 10.9. The fourth-order valence-electron chi connectivity index (χ4n) is 1.79. The SMILES string of the molecule is Cc1cc[n+](Cc2cc(=O)n3ccsc3n2)cc1. The number of fused-ring (bicyclic) bond motifs is 1. The molecule has 4 nitrogen and oxygen atoms in total. The van der Waals surface area contributed by atoms with E-state index in [0.29, 0.717) is 6.54 Å². The maximum Gasteiger partial charge on any atom is 0.258 e. The molecule has 0 aliphatic carbocycles. The molecule has 3 rings (SSSR count). The third kappa shape index (κ3) is 2.04. The molecule has 0 fully saturated rings. The van der Waals surface area contributed by atoms with E-state index in [1.54, 1.807) is 16.7 Å². The van der Waals surface area contributed by atoms with Crippen molar-refractivity contribution in [3.05, 3.63) is 63.8 Å². The van der Waals surface area contributed by atoms with Gasteiger partial charge in [-0.3, -0.25) is 9.20 Å². The van der Waals surface area contributed by atoms with Crippen molar-refractivity contribution in [2.45, 2.75) is 13.5 Å². The van der Waals surface area contributed by atoms with Gasteiger partial charge in [-0.15, -0.1) is 11.3 Å². The summed E-state index contributed by atoms with van der Waals surface area (Å²) >= 11 is 1.47. The van der Waals surface area contributed by atoms with E-state index in [9.17, 15) is 4.79 Å². The molecule has 3 heterocycles. The molecule has 0 saturated carbocycles. The number of rotatable bonds is 2. The lowest BCUT2D eigenvalue weighted by molar-refractivity contribution is -0.688. The zero-order valence-corrected chi connectivity index (χ0v) is 10.7. The minimum atomic E-state index is -0.0241. The molecule has 0 aliphatic rings. The van der Waals surface area contributed by atoms with Gasteiger partial charge in [0.1, 0.15) is 5.69 Å². The van der Waals surface area contributed by atoms with Crippen LogP contribution in [0.25, 0.3) is 4.96 Å². The maximum atomic E-state index is 11.8. The molecule has 0 aliphatic heterocycles. The van der Waals surface area contributed by atoms with Crippen LogP contribution in [0.15, 0.2) is 47.0 Å². The summed E-state index contributed by atoms with van der Waals surface area (Å²) in [5, 5.41) is 1.87. The van der Waals surface area contributed by atoms with E-state index in [2.05, 4.69) is 4.98 Å². The van der Waals surface area contributed by atoms with Crippen LogP contribution < -0.4 is 10.1 Å². The first kappa shape index (κ1) is 11.1. The highest BCUT2D eigenvalue weighted by molar-refractivity contribution is 7.15. The number of pyridine rings is 1. The van der Waals surface area contributed by atoms with Crippen molar-refractivity contribution in [3.8, 4) is 0 Å². The highest BCUT2D eigenvalue weighted by Crippen LogP contribution is 2.06. The van der Waals surface area contributed by atoms with Gasteiger partial charge in [-0.25, -0.2) is 4.98 Å². The summed E-state index contributed by atoms with van der Waals surface area (Å²) < 4.78 is 3.58. The van der Waals surface area contributed by atoms with Crippen LogP contribution in [0.2, 0.25) is 0 Å². The molecule has 0 unspecified atom stereocenters. The molecule has 0 saturated heterocycles. The first-order valence-electron chi connectivity index (χ1n) is 5.64. The van der Waals surface area contributed by atoms with Gasteiger partial charge < -0.3 is 0 Å². The van der Waals surface area contributed by atoms with Gasteiger partial charge in [0, 0.05) is 29.8 Å². The highest BCUT2D eigenvalue weighted by Gasteiger charge is 2.07. The summed E-state index contributed by atoms with van der Waals surface area (Å²) in [4.78, 5) is 17.0. The summed E-state index contributed by atoms with van der Waals surface area (Å²) in [7, 11) is 0. The number of aryl methyl sites for hydroxylation is 1. The topological polar surface area (TPSA) is 38.2 Å². The zero-order chi connectivity index (χ0) is 12.5. The monoisotopic (exact) mass is 258 g/mol. The van der Waals surface area contributed by atoms with Crippen LogP contribution in [-0.4, -0.2) is 9.38 Å². The van der Waals surface area contributed by atoms with Gasteiger partial charge in [0.15, 0.2) is 23.9 Å². The predicted molar refractivity (Wildman–Crippen MR) is 69.8 cm³/mol. The fourth-order valence-corrected chi connectivity index (χ4v) is 2.53. The van der Waals surface area contributed by atoms with Crippen LogP contribution >= 0.6 is 11.3 Å². The Labute approximate surface area is 108 Å².